The molecule has 0 aliphatic carbocycles. The van der Waals surface area contributed by atoms with E-state index in [1.54, 1.807) is 0 Å². The van der Waals surface area contributed by atoms with Crippen LogP contribution in [0.5, 0.6) is 0 Å². The van der Waals surface area contributed by atoms with Crippen LogP contribution in [-0.2, 0) is 31.6 Å². The Hall–Kier alpha value is -1.46. The van der Waals surface area contributed by atoms with Gasteiger partial charge in [0.25, 0.3) is 0 Å². The summed E-state index contributed by atoms with van der Waals surface area (Å²) in [6.07, 6.45) is 4.56. The van der Waals surface area contributed by atoms with Crippen LogP contribution in [0.2, 0.25) is 0 Å². The second-order valence-electron chi connectivity index (χ2n) is 8.91. The third-order valence-corrected chi connectivity index (χ3v) is 5.95. The molecule has 0 aliphatic rings. The van der Waals surface area contributed by atoms with Gasteiger partial charge in [-0.1, -0.05) is 71.9 Å². The van der Waals surface area contributed by atoms with Crippen molar-refractivity contribution in [3.05, 3.63) is 96.8 Å². The molecule has 32 heavy (non-hydrogen) atoms. The molecule has 0 spiro atoms. The minimum absolute atomic E-state index is 0. The van der Waals surface area contributed by atoms with Gasteiger partial charge in [-0.05, 0) is 0 Å². The summed E-state index contributed by atoms with van der Waals surface area (Å²) in [5.41, 5.74) is 5.70. The fraction of sp³-hybridized carbons (Fsp3) is 0.355. The first-order valence-electron chi connectivity index (χ1n) is 11.7. The standard InChI is InChI=1S/C23H22.2C4H9.Zr/c1-15-13-17-9-5-7-11-19(17)21(15)23(3,4)22-16(2)14-18-10-6-8-12-20(18)22;2*1-3-4-2;/h5-14H,1-4H3;2*1,3-4H2,2H3;/q-2;2*-1;+4. The summed E-state index contributed by atoms with van der Waals surface area (Å²) >= 11 is 0. The SMILES string of the molecule is Cc1[cH-]c2ccccc2c1C(C)(C)c1c(C)[cH-]c2ccccc12.[CH2-]CCC.[CH2-]CCC.[Zr+4]. The quantitative estimate of drug-likeness (QED) is 0.243. The first kappa shape index (κ1) is 28.6. The van der Waals surface area contributed by atoms with E-state index < -0.39 is 0 Å². The molecule has 4 aromatic rings. The summed E-state index contributed by atoms with van der Waals surface area (Å²) in [6, 6.07) is 22.2. The van der Waals surface area contributed by atoms with E-state index in [1.807, 2.05) is 0 Å². The molecule has 0 bridgehead atoms. The number of benzene rings is 2. The van der Waals surface area contributed by atoms with Crippen LogP contribution in [0.4, 0.5) is 0 Å². The molecule has 168 valence electrons. The molecule has 0 radical (unpaired) electrons. The van der Waals surface area contributed by atoms with E-state index in [9.17, 15) is 0 Å². The van der Waals surface area contributed by atoms with Gasteiger partial charge in [-0.3, -0.25) is 0 Å². The van der Waals surface area contributed by atoms with Crippen LogP contribution in [0.1, 0.15) is 75.6 Å². The van der Waals surface area contributed by atoms with Gasteiger partial charge in [0.2, 0.25) is 0 Å². The summed E-state index contributed by atoms with van der Waals surface area (Å²) in [5, 5.41) is 5.47. The Labute approximate surface area is 216 Å². The van der Waals surface area contributed by atoms with E-state index in [2.05, 4.69) is 116 Å². The maximum absolute atomic E-state index is 3.60. The van der Waals surface area contributed by atoms with E-state index >= 15 is 0 Å². The van der Waals surface area contributed by atoms with Gasteiger partial charge in [0, 0.05) is 0 Å². The van der Waals surface area contributed by atoms with Crippen molar-refractivity contribution in [2.45, 2.75) is 72.6 Å². The molecule has 0 fully saturated rings. The zero-order chi connectivity index (χ0) is 23.0. The van der Waals surface area contributed by atoms with Gasteiger partial charge in [-0.25, -0.2) is 0 Å². The normalized spacial score (nSPS) is 10.8. The van der Waals surface area contributed by atoms with Crippen LogP contribution < -0.4 is 0 Å². The third kappa shape index (κ3) is 6.32. The molecule has 0 saturated heterocycles. The van der Waals surface area contributed by atoms with Crippen molar-refractivity contribution in [2.75, 3.05) is 0 Å². The van der Waals surface area contributed by atoms with E-state index in [0.717, 1.165) is 12.8 Å². The maximum atomic E-state index is 3.60. The molecule has 0 heterocycles. The molecule has 0 N–H and O–H groups in total. The second-order valence-corrected chi connectivity index (χ2v) is 8.91. The average Bonchev–Trinajstić information content (AvgIpc) is 3.29. The van der Waals surface area contributed by atoms with Gasteiger partial charge >= 0.3 is 26.2 Å². The fourth-order valence-corrected chi connectivity index (χ4v) is 4.52. The molecule has 0 aliphatic heterocycles. The topological polar surface area (TPSA) is 0 Å². The fourth-order valence-electron chi connectivity index (χ4n) is 4.52. The van der Waals surface area contributed by atoms with Crippen molar-refractivity contribution in [1.29, 1.82) is 0 Å². The molecule has 0 nitrogen and oxygen atoms in total. The molecule has 0 amide bonds. The first-order valence-corrected chi connectivity index (χ1v) is 11.7. The van der Waals surface area contributed by atoms with Crippen LogP contribution >= 0.6 is 0 Å². The molecule has 4 aromatic carbocycles. The molecule has 0 saturated carbocycles. The number of fused-ring (bicyclic) bond motifs is 2. The van der Waals surface area contributed by atoms with Crippen molar-refractivity contribution in [3.63, 3.8) is 0 Å². The van der Waals surface area contributed by atoms with E-state index in [1.165, 1.54) is 56.6 Å². The number of hydrogen-bond acceptors (Lipinski definition) is 0. The van der Waals surface area contributed by atoms with Crippen LogP contribution in [0, 0.1) is 27.7 Å². The Morgan fingerprint density at radius 2 is 1.00 bits per heavy atom. The van der Waals surface area contributed by atoms with Gasteiger partial charge in [-0.2, -0.15) is 12.8 Å². The molecule has 1 heteroatoms. The summed E-state index contributed by atoms with van der Waals surface area (Å²) in [6.45, 7) is 20.7. The van der Waals surface area contributed by atoms with E-state index in [4.69, 9.17) is 0 Å². The Morgan fingerprint density at radius 3 is 1.31 bits per heavy atom. The van der Waals surface area contributed by atoms with Crippen molar-refractivity contribution in [3.8, 4) is 0 Å². The smallest absolute Gasteiger partial charge is 0.343 e. The molecule has 4 rings (SSSR count). The third-order valence-electron chi connectivity index (χ3n) is 5.95. The number of unbranched alkanes of at least 4 members (excludes halogenated alkanes) is 2. The summed E-state index contributed by atoms with van der Waals surface area (Å²) in [7, 11) is 0. The van der Waals surface area contributed by atoms with Crippen LogP contribution in [0.15, 0.2) is 60.7 Å². The van der Waals surface area contributed by atoms with Gasteiger partial charge < -0.3 is 13.8 Å². The van der Waals surface area contributed by atoms with E-state index in [-0.39, 0.29) is 31.6 Å². The van der Waals surface area contributed by atoms with Crippen LogP contribution in [-0.4, -0.2) is 0 Å². The molecule has 0 atom stereocenters. The van der Waals surface area contributed by atoms with Crippen molar-refractivity contribution in [1.82, 2.24) is 0 Å². The Kier molecular flexibility index (Phi) is 11.9. The molecular weight excluding hydrogens is 464 g/mol. The van der Waals surface area contributed by atoms with Crippen molar-refractivity contribution >= 4 is 21.5 Å². The van der Waals surface area contributed by atoms with Crippen molar-refractivity contribution < 1.29 is 26.2 Å². The number of aryl methyl sites for hydroxylation is 2. The summed E-state index contributed by atoms with van der Waals surface area (Å²) in [5.74, 6) is 0. The maximum Gasteiger partial charge on any atom is 4.00 e. The van der Waals surface area contributed by atoms with Gasteiger partial charge in [-0.15, -0.1) is 92.3 Å². The van der Waals surface area contributed by atoms with Crippen LogP contribution in [0.25, 0.3) is 21.5 Å². The molecule has 0 aromatic heterocycles. The first-order chi connectivity index (χ1) is 14.8. The summed E-state index contributed by atoms with van der Waals surface area (Å²) < 4.78 is 0. The molecular formula is C31H40Zr. The van der Waals surface area contributed by atoms with E-state index in [0.29, 0.717) is 0 Å². The van der Waals surface area contributed by atoms with Gasteiger partial charge in [0.15, 0.2) is 0 Å². The molecule has 0 unspecified atom stereocenters. The Balaban J connectivity index is 0.000000497. The predicted octanol–water partition coefficient (Wildman–Crippen LogP) is 9.61. The number of hydrogen-bond donors (Lipinski definition) is 0. The Bertz CT molecular complexity index is 984. The van der Waals surface area contributed by atoms with Gasteiger partial charge in [0.1, 0.15) is 0 Å². The number of rotatable bonds is 4. The zero-order valence-electron chi connectivity index (χ0n) is 21.0. The zero-order valence-corrected chi connectivity index (χ0v) is 23.5. The van der Waals surface area contributed by atoms with Gasteiger partial charge in [0.05, 0.1) is 0 Å². The Morgan fingerprint density at radius 1 is 0.688 bits per heavy atom. The second kappa shape index (κ2) is 13.3. The minimum Gasteiger partial charge on any atom is -0.343 e. The largest absolute Gasteiger partial charge is 4.00 e. The monoisotopic (exact) mass is 502 g/mol. The van der Waals surface area contributed by atoms with Crippen LogP contribution in [0.3, 0.4) is 0 Å². The average molecular weight is 504 g/mol. The predicted molar refractivity (Wildman–Crippen MR) is 141 cm³/mol. The summed E-state index contributed by atoms with van der Waals surface area (Å²) in [4.78, 5) is 0. The van der Waals surface area contributed by atoms with Crippen molar-refractivity contribution in [2.24, 2.45) is 0 Å². The minimum atomic E-state index is -0.0135.